The van der Waals surface area contributed by atoms with Crippen molar-refractivity contribution >= 4 is 11.6 Å². The van der Waals surface area contributed by atoms with E-state index in [1.165, 1.54) is 0 Å². The number of rotatable bonds is 4. The number of amides is 1. The molecule has 0 aliphatic carbocycles. The third-order valence-electron chi connectivity index (χ3n) is 2.77. The number of hydrogen-bond acceptors (Lipinski definition) is 4. The minimum Gasteiger partial charge on any atom is -0.484 e. The van der Waals surface area contributed by atoms with E-state index < -0.39 is 5.91 Å². The number of para-hydroxylation sites is 1. The molecule has 2 rings (SSSR count). The van der Waals surface area contributed by atoms with Gasteiger partial charge in [0.2, 0.25) is 0 Å². The zero-order valence-electron chi connectivity index (χ0n) is 10.9. The van der Waals surface area contributed by atoms with Gasteiger partial charge < -0.3 is 16.2 Å². The number of nitrogens with zero attached hydrogens (tertiary/aromatic N) is 2. The predicted octanol–water partition coefficient (Wildman–Crippen LogP) is 0.989. The number of aryl methyl sites for hydroxylation is 2. The highest BCUT2D eigenvalue weighted by Gasteiger charge is 2.13. The molecule has 2 aromatic rings. The summed E-state index contributed by atoms with van der Waals surface area (Å²) < 4.78 is 7.34. The van der Waals surface area contributed by atoms with E-state index in [9.17, 15) is 4.79 Å². The van der Waals surface area contributed by atoms with Crippen molar-refractivity contribution < 1.29 is 9.53 Å². The van der Waals surface area contributed by atoms with Crippen LogP contribution in [0, 0.1) is 6.92 Å². The third-order valence-corrected chi connectivity index (χ3v) is 2.77. The van der Waals surface area contributed by atoms with Gasteiger partial charge in [-0.25, -0.2) is 0 Å². The van der Waals surface area contributed by atoms with Crippen LogP contribution in [0.15, 0.2) is 24.3 Å². The van der Waals surface area contributed by atoms with E-state index in [0.29, 0.717) is 11.4 Å². The molecule has 0 unspecified atom stereocenters. The maximum Gasteiger partial charge on any atom is 0.252 e. The molecule has 19 heavy (non-hydrogen) atoms. The lowest BCUT2D eigenvalue weighted by atomic mass is 10.1. The van der Waals surface area contributed by atoms with E-state index in [0.717, 1.165) is 11.4 Å². The van der Waals surface area contributed by atoms with Crippen molar-refractivity contribution in [2.75, 3.05) is 5.73 Å². The van der Waals surface area contributed by atoms with Crippen molar-refractivity contribution in [2.24, 2.45) is 12.8 Å². The number of carbonyl (C=O) groups excluding carboxylic acids is 1. The van der Waals surface area contributed by atoms with Crippen molar-refractivity contribution in [1.29, 1.82) is 0 Å². The van der Waals surface area contributed by atoms with Gasteiger partial charge in [-0.3, -0.25) is 9.48 Å². The molecular weight excluding hydrogens is 244 g/mol. The third kappa shape index (κ3) is 2.67. The van der Waals surface area contributed by atoms with Crippen molar-refractivity contribution in [3.8, 4) is 5.75 Å². The number of nitrogens with two attached hydrogens (primary N) is 2. The largest absolute Gasteiger partial charge is 0.484 e. The second kappa shape index (κ2) is 5.01. The first-order valence-electron chi connectivity index (χ1n) is 5.79. The Labute approximate surface area is 111 Å². The lowest BCUT2D eigenvalue weighted by Gasteiger charge is -2.12. The first-order chi connectivity index (χ1) is 8.99. The SMILES string of the molecule is Cc1cc(COc2c(N)cccc2C(N)=O)n(C)n1. The number of primary amides is 1. The highest BCUT2D eigenvalue weighted by molar-refractivity contribution is 5.97. The summed E-state index contributed by atoms with van der Waals surface area (Å²) in [6, 6.07) is 6.82. The molecule has 0 aliphatic rings. The highest BCUT2D eigenvalue weighted by Crippen LogP contribution is 2.26. The molecule has 6 nitrogen and oxygen atoms in total. The lowest BCUT2D eigenvalue weighted by Crippen LogP contribution is -2.14. The number of aromatic nitrogens is 2. The Hall–Kier alpha value is -2.50. The van der Waals surface area contributed by atoms with E-state index >= 15 is 0 Å². The topological polar surface area (TPSA) is 96.2 Å². The minimum atomic E-state index is -0.566. The van der Waals surface area contributed by atoms with Crippen LogP contribution in [-0.4, -0.2) is 15.7 Å². The van der Waals surface area contributed by atoms with Gasteiger partial charge in [0.15, 0.2) is 5.75 Å². The maximum atomic E-state index is 11.3. The van der Waals surface area contributed by atoms with E-state index in [1.54, 1.807) is 22.9 Å². The zero-order valence-corrected chi connectivity index (χ0v) is 10.9. The fourth-order valence-electron chi connectivity index (χ4n) is 1.86. The summed E-state index contributed by atoms with van der Waals surface area (Å²) >= 11 is 0. The molecule has 0 saturated heterocycles. The van der Waals surface area contributed by atoms with Gasteiger partial charge >= 0.3 is 0 Å². The van der Waals surface area contributed by atoms with Crippen LogP contribution in [0.1, 0.15) is 21.7 Å². The molecular formula is C13H16N4O2. The summed E-state index contributed by atoms with van der Waals surface area (Å²) in [5.74, 6) is -0.252. The van der Waals surface area contributed by atoms with Gasteiger partial charge in [0.1, 0.15) is 6.61 Å². The average Bonchev–Trinajstić information content (AvgIpc) is 2.66. The van der Waals surface area contributed by atoms with Crippen LogP contribution in [0.2, 0.25) is 0 Å². The average molecular weight is 260 g/mol. The number of hydrogen-bond donors (Lipinski definition) is 2. The lowest BCUT2D eigenvalue weighted by molar-refractivity contribution is 0.0996. The van der Waals surface area contributed by atoms with Crippen molar-refractivity contribution in [3.05, 3.63) is 41.2 Å². The summed E-state index contributed by atoms with van der Waals surface area (Å²) in [6.45, 7) is 2.17. The van der Waals surface area contributed by atoms with Gasteiger partial charge in [-0.2, -0.15) is 5.10 Å². The smallest absolute Gasteiger partial charge is 0.252 e. The van der Waals surface area contributed by atoms with Crippen LogP contribution in [-0.2, 0) is 13.7 Å². The van der Waals surface area contributed by atoms with Crippen LogP contribution in [0.3, 0.4) is 0 Å². The Morgan fingerprint density at radius 3 is 2.79 bits per heavy atom. The minimum absolute atomic E-state index is 0.270. The molecule has 0 radical (unpaired) electrons. The molecule has 0 aliphatic heterocycles. The Kier molecular flexibility index (Phi) is 3.41. The summed E-state index contributed by atoms with van der Waals surface area (Å²) in [5, 5.41) is 4.22. The van der Waals surface area contributed by atoms with Crippen LogP contribution < -0.4 is 16.2 Å². The maximum absolute atomic E-state index is 11.3. The molecule has 4 N–H and O–H groups in total. The number of anilines is 1. The molecule has 0 fully saturated rings. The normalized spacial score (nSPS) is 10.4. The van der Waals surface area contributed by atoms with Crippen LogP contribution in [0.5, 0.6) is 5.75 Å². The number of ether oxygens (including phenoxy) is 1. The molecule has 6 heteroatoms. The van der Waals surface area contributed by atoms with E-state index in [4.69, 9.17) is 16.2 Å². The van der Waals surface area contributed by atoms with Gasteiger partial charge in [0.25, 0.3) is 5.91 Å². The van der Waals surface area contributed by atoms with E-state index in [1.807, 2.05) is 20.0 Å². The van der Waals surface area contributed by atoms with Gasteiger partial charge in [0.05, 0.1) is 22.6 Å². The van der Waals surface area contributed by atoms with Crippen LogP contribution in [0.25, 0.3) is 0 Å². The Morgan fingerprint density at radius 2 is 2.21 bits per heavy atom. The summed E-state index contributed by atoms with van der Waals surface area (Å²) in [7, 11) is 1.83. The molecule has 1 heterocycles. The van der Waals surface area contributed by atoms with Crippen molar-refractivity contribution in [3.63, 3.8) is 0 Å². The van der Waals surface area contributed by atoms with Gasteiger partial charge in [0, 0.05) is 7.05 Å². The second-order valence-electron chi connectivity index (χ2n) is 4.28. The predicted molar refractivity (Wildman–Crippen MR) is 71.6 cm³/mol. The molecule has 100 valence electrons. The quantitative estimate of drug-likeness (QED) is 0.801. The first-order valence-corrected chi connectivity index (χ1v) is 5.79. The molecule has 0 bridgehead atoms. The van der Waals surface area contributed by atoms with Crippen molar-refractivity contribution in [2.45, 2.75) is 13.5 Å². The Morgan fingerprint density at radius 1 is 1.47 bits per heavy atom. The highest BCUT2D eigenvalue weighted by atomic mass is 16.5. The standard InChI is InChI=1S/C13H16N4O2/c1-8-6-9(17(2)16-8)7-19-12-10(13(15)18)4-3-5-11(12)14/h3-6H,7,14H2,1-2H3,(H2,15,18). The summed E-state index contributed by atoms with van der Waals surface area (Å²) in [5.41, 5.74) is 13.6. The molecule has 1 aromatic heterocycles. The molecule has 0 saturated carbocycles. The Balaban J connectivity index is 2.24. The van der Waals surface area contributed by atoms with Crippen molar-refractivity contribution in [1.82, 2.24) is 9.78 Å². The molecule has 0 atom stereocenters. The molecule has 1 aromatic carbocycles. The molecule has 0 spiro atoms. The first kappa shape index (κ1) is 12.9. The van der Waals surface area contributed by atoms with Gasteiger partial charge in [-0.15, -0.1) is 0 Å². The number of carbonyl (C=O) groups is 1. The summed E-state index contributed by atoms with van der Waals surface area (Å²) in [4.78, 5) is 11.3. The fourth-order valence-corrected chi connectivity index (χ4v) is 1.86. The zero-order chi connectivity index (χ0) is 14.0. The Bertz CT molecular complexity index is 619. The van der Waals surface area contributed by atoms with Crippen LogP contribution in [0.4, 0.5) is 5.69 Å². The monoisotopic (exact) mass is 260 g/mol. The van der Waals surface area contributed by atoms with E-state index in [-0.39, 0.29) is 12.2 Å². The van der Waals surface area contributed by atoms with E-state index in [2.05, 4.69) is 5.10 Å². The number of nitrogen functional groups attached to an aromatic ring is 1. The number of benzene rings is 1. The summed E-state index contributed by atoms with van der Waals surface area (Å²) in [6.07, 6.45) is 0. The molecule has 1 amide bonds. The van der Waals surface area contributed by atoms with Crippen LogP contribution >= 0.6 is 0 Å². The van der Waals surface area contributed by atoms with Gasteiger partial charge in [-0.05, 0) is 25.1 Å². The van der Waals surface area contributed by atoms with Gasteiger partial charge in [-0.1, -0.05) is 6.07 Å². The fraction of sp³-hybridized carbons (Fsp3) is 0.231. The second-order valence-corrected chi connectivity index (χ2v) is 4.28.